The van der Waals surface area contributed by atoms with Gasteiger partial charge in [-0.1, -0.05) is 41.9 Å². The number of amides is 2. The van der Waals surface area contributed by atoms with Gasteiger partial charge in [-0.25, -0.2) is 0 Å². The Hall–Kier alpha value is -2.33. The Bertz CT molecular complexity index is 656. The summed E-state index contributed by atoms with van der Waals surface area (Å²) in [4.78, 5) is 25.3. The van der Waals surface area contributed by atoms with Gasteiger partial charge in [0.15, 0.2) is 0 Å². The first-order chi connectivity index (χ1) is 11.1. The van der Waals surface area contributed by atoms with Gasteiger partial charge in [-0.3, -0.25) is 9.59 Å². The largest absolute Gasteiger partial charge is 0.352 e. The van der Waals surface area contributed by atoms with Crippen molar-refractivity contribution in [3.8, 4) is 0 Å². The lowest BCUT2D eigenvalue weighted by Gasteiger charge is -2.21. The minimum Gasteiger partial charge on any atom is -0.352 e. The minimum atomic E-state index is -0.108. The van der Waals surface area contributed by atoms with Crippen molar-refractivity contribution in [1.82, 2.24) is 5.32 Å². The average molecular weight is 331 g/mol. The van der Waals surface area contributed by atoms with Crippen LogP contribution in [0.25, 0.3) is 0 Å². The summed E-state index contributed by atoms with van der Waals surface area (Å²) in [6, 6.07) is 16.7. The summed E-state index contributed by atoms with van der Waals surface area (Å²) in [5.41, 5.74) is 1.78. The Morgan fingerprint density at radius 3 is 2.30 bits per heavy atom. The molecular weight excluding hydrogens is 312 g/mol. The van der Waals surface area contributed by atoms with Crippen LogP contribution < -0.4 is 10.2 Å². The molecule has 0 fully saturated rings. The molecule has 0 radical (unpaired) electrons. The molecule has 0 aromatic heterocycles. The first-order valence-electron chi connectivity index (χ1n) is 7.40. The third-order valence-corrected chi connectivity index (χ3v) is 3.67. The molecule has 2 aromatic carbocycles. The van der Waals surface area contributed by atoms with Crippen molar-refractivity contribution in [3.05, 3.63) is 65.2 Å². The molecule has 23 heavy (non-hydrogen) atoms. The molecule has 2 rings (SSSR count). The van der Waals surface area contributed by atoms with E-state index in [-0.39, 0.29) is 18.2 Å². The number of rotatable bonds is 6. The van der Waals surface area contributed by atoms with E-state index in [1.165, 1.54) is 6.92 Å². The van der Waals surface area contributed by atoms with Gasteiger partial charge < -0.3 is 10.2 Å². The molecule has 0 saturated heterocycles. The van der Waals surface area contributed by atoms with Gasteiger partial charge in [0.25, 0.3) is 0 Å². The van der Waals surface area contributed by atoms with Gasteiger partial charge in [0.1, 0.15) is 0 Å². The van der Waals surface area contributed by atoms with Crippen LogP contribution in [0.1, 0.15) is 18.9 Å². The van der Waals surface area contributed by atoms with Crippen LogP contribution in [-0.2, 0) is 16.1 Å². The van der Waals surface area contributed by atoms with Crippen molar-refractivity contribution in [3.63, 3.8) is 0 Å². The maximum absolute atomic E-state index is 12.0. The lowest BCUT2D eigenvalue weighted by atomic mass is 10.2. The quantitative estimate of drug-likeness (QED) is 0.882. The molecule has 120 valence electrons. The van der Waals surface area contributed by atoms with Crippen molar-refractivity contribution in [2.45, 2.75) is 19.9 Å². The maximum atomic E-state index is 12.0. The fraction of sp³-hybridized carbons (Fsp3) is 0.222. The third-order valence-electron chi connectivity index (χ3n) is 3.41. The Labute approximate surface area is 141 Å². The molecule has 2 aromatic rings. The van der Waals surface area contributed by atoms with Crippen LogP contribution in [0.4, 0.5) is 5.69 Å². The lowest BCUT2D eigenvalue weighted by Crippen LogP contribution is -2.33. The normalized spacial score (nSPS) is 10.2. The fourth-order valence-electron chi connectivity index (χ4n) is 2.19. The highest BCUT2D eigenvalue weighted by molar-refractivity contribution is 6.30. The van der Waals surface area contributed by atoms with Gasteiger partial charge in [0, 0.05) is 37.1 Å². The van der Waals surface area contributed by atoms with Crippen molar-refractivity contribution in [2.75, 3.05) is 11.4 Å². The Kier molecular flexibility index (Phi) is 6.18. The van der Waals surface area contributed by atoms with Crippen molar-refractivity contribution in [1.29, 1.82) is 0 Å². The summed E-state index contributed by atoms with van der Waals surface area (Å²) in [5.74, 6) is -0.197. The average Bonchev–Trinajstić information content (AvgIpc) is 2.55. The van der Waals surface area contributed by atoms with E-state index >= 15 is 0 Å². The van der Waals surface area contributed by atoms with Crippen LogP contribution in [0.15, 0.2) is 54.6 Å². The van der Waals surface area contributed by atoms with Crippen molar-refractivity contribution < 1.29 is 9.59 Å². The Balaban J connectivity index is 1.87. The number of nitrogens with one attached hydrogen (secondary N) is 1. The summed E-state index contributed by atoms with van der Waals surface area (Å²) in [7, 11) is 0. The summed E-state index contributed by atoms with van der Waals surface area (Å²) in [5, 5.41) is 3.46. The van der Waals surface area contributed by atoms with Crippen LogP contribution in [-0.4, -0.2) is 18.4 Å². The number of anilines is 1. The van der Waals surface area contributed by atoms with Crippen molar-refractivity contribution >= 4 is 29.1 Å². The summed E-state index contributed by atoms with van der Waals surface area (Å²) in [6.07, 6.45) is 0.245. The van der Waals surface area contributed by atoms with E-state index in [0.717, 1.165) is 11.3 Å². The van der Waals surface area contributed by atoms with Gasteiger partial charge in [-0.05, 0) is 29.8 Å². The first-order valence-corrected chi connectivity index (χ1v) is 7.78. The lowest BCUT2D eigenvalue weighted by molar-refractivity contribution is -0.121. The second-order valence-corrected chi connectivity index (χ2v) is 5.60. The minimum absolute atomic E-state index is 0.0888. The number of carbonyl (C=O) groups excluding carboxylic acids is 2. The highest BCUT2D eigenvalue weighted by atomic mass is 35.5. The van der Waals surface area contributed by atoms with Crippen LogP contribution in [0.5, 0.6) is 0 Å². The van der Waals surface area contributed by atoms with Gasteiger partial charge in [0.05, 0.1) is 0 Å². The number of benzene rings is 2. The molecule has 0 aliphatic rings. The zero-order valence-corrected chi connectivity index (χ0v) is 13.7. The summed E-state index contributed by atoms with van der Waals surface area (Å²) >= 11 is 5.86. The number of hydrogen-bond donors (Lipinski definition) is 1. The molecule has 1 N–H and O–H groups in total. The smallest absolute Gasteiger partial charge is 0.223 e. The van der Waals surface area contributed by atoms with E-state index in [1.54, 1.807) is 29.2 Å². The molecule has 0 unspecified atom stereocenters. The van der Waals surface area contributed by atoms with E-state index in [2.05, 4.69) is 5.32 Å². The van der Waals surface area contributed by atoms with E-state index in [1.807, 2.05) is 30.3 Å². The van der Waals surface area contributed by atoms with E-state index in [4.69, 9.17) is 11.6 Å². The molecule has 0 aliphatic carbocycles. The molecule has 5 heteroatoms. The molecule has 0 heterocycles. The van der Waals surface area contributed by atoms with Gasteiger partial charge in [-0.15, -0.1) is 0 Å². The van der Waals surface area contributed by atoms with Crippen LogP contribution in [0.2, 0.25) is 5.02 Å². The van der Waals surface area contributed by atoms with Crippen LogP contribution in [0.3, 0.4) is 0 Å². The standard InChI is InChI=1S/C18H19ClN2O2/c1-14(22)21(17-9-7-16(19)8-10-17)12-11-18(23)20-13-15-5-3-2-4-6-15/h2-10H,11-13H2,1H3,(H,20,23). The number of nitrogens with zero attached hydrogens (tertiary/aromatic N) is 1. The zero-order valence-electron chi connectivity index (χ0n) is 13.0. The van der Waals surface area contributed by atoms with E-state index in [0.29, 0.717) is 18.1 Å². The molecule has 0 atom stereocenters. The second-order valence-electron chi connectivity index (χ2n) is 5.16. The van der Waals surface area contributed by atoms with Gasteiger partial charge >= 0.3 is 0 Å². The fourth-order valence-corrected chi connectivity index (χ4v) is 2.31. The maximum Gasteiger partial charge on any atom is 0.223 e. The Morgan fingerprint density at radius 1 is 1.04 bits per heavy atom. The molecule has 0 spiro atoms. The summed E-state index contributed by atoms with van der Waals surface area (Å²) < 4.78 is 0. The van der Waals surface area contributed by atoms with Crippen LogP contribution in [0, 0.1) is 0 Å². The predicted octanol–water partition coefficient (Wildman–Crippen LogP) is 3.40. The van der Waals surface area contributed by atoms with E-state index < -0.39 is 0 Å². The number of hydrogen-bond acceptors (Lipinski definition) is 2. The zero-order chi connectivity index (χ0) is 16.7. The topological polar surface area (TPSA) is 49.4 Å². The van der Waals surface area contributed by atoms with Gasteiger partial charge in [0.2, 0.25) is 11.8 Å². The van der Waals surface area contributed by atoms with Crippen molar-refractivity contribution in [2.24, 2.45) is 0 Å². The number of carbonyl (C=O) groups is 2. The Morgan fingerprint density at radius 2 is 1.70 bits per heavy atom. The highest BCUT2D eigenvalue weighted by Crippen LogP contribution is 2.18. The molecule has 0 aliphatic heterocycles. The number of halogens is 1. The van der Waals surface area contributed by atoms with Gasteiger partial charge in [-0.2, -0.15) is 0 Å². The van der Waals surface area contributed by atoms with E-state index in [9.17, 15) is 9.59 Å². The molecule has 2 amide bonds. The molecular formula is C18H19ClN2O2. The third kappa shape index (κ3) is 5.42. The SMILES string of the molecule is CC(=O)N(CCC(=O)NCc1ccccc1)c1ccc(Cl)cc1. The predicted molar refractivity (Wildman–Crippen MR) is 92.4 cm³/mol. The molecule has 0 bridgehead atoms. The first kappa shape index (κ1) is 17.0. The molecule has 4 nitrogen and oxygen atoms in total. The summed E-state index contributed by atoms with van der Waals surface area (Å²) in [6.45, 7) is 2.30. The highest BCUT2D eigenvalue weighted by Gasteiger charge is 2.13. The molecule has 0 saturated carbocycles. The van der Waals surface area contributed by atoms with Crippen LogP contribution >= 0.6 is 11.6 Å². The second kappa shape index (κ2) is 8.34. The monoisotopic (exact) mass is 330 g/mol.